The molecule has 11 nitrogen and oxygen atoms in total. The minimum absolute atomic E-state index is 0.0600. The van der Waals surface area contributed by atoms with E-state index in [2.05, 4.69) is 30.6 Å². The van der Waals surface area contributed by atoms with Gasteiger partial charge in [0, 0.05) is 32.0 Å². The summed E-state index contributed by atoms with van der Waals surface area (Å²) in [6.07, 6.45) is 6.50. The van der Waals surface area contributed by atoms with Crippen LogP contribution < -0.4 is 20.1 Å². The second kappa shape index (κ2) is 12.9. The Bertz CT molecular complexity index is 1880. The first-order valence-corrected chi connectivity index (χ1v) is 15.2. The van der Waals surface area contributed by atoms with Gasteiger partial charge < -0.3 is 20.1 Å². The number of aromatic nitrogens is 4. The molecule has 3 aliphatic heterocycles. The first kappa shape index (κ1) is 29.4. The number of rotatable bonds is 4. The van der Waals surface area contributed by atoms with E-state index in [9.17, 15) is 9.59 Å². The SMILES string of the molecule is O=C1COc2cccc(c2)-c2ccc(F)c(c2)C(=O)N[C@H]2CN(CCCc3cnc4ncnn4c3)C[C@@H]2Oc2ccc(cc2)CN1. The Hall–Kier alpha value is -5.36. The molecule has 0 radical (unpaired) electrons. The smallest absolute Gasteiger partial charge is 0.258 e. The fourth-order valence-corrected chi connectivity index (χ4v) is 5.84. The van der Waals surface area contributed by atoms with Gasteiger partial charge >= 0.3 is 0 Å². The molecule has 2 aromatic heterocycles. The van der Waals surface area contributed by atoms with Crippen LogP contribution in [0.5, 0.6) is 11.5 Å². The first-order chi connectivity index (χ1) is 22.5. The molecule has 3 aromatic carbocycles. The fourth-order valence-electron chi connectivity index (χ4n) is 5.84. The maximum absolute atomic E-state index is 15.1. The van der Waals surface area contributed by atoms with Crippen molar-refractivity contribution in [1.82, 2.24) is 35.1 Å². The van der Waals surface area contributed by atoms with Crippen LogP contribution in [-0.4, -0.2) is 74.7 Å². The number of carbonyl (C=O) groups is 2. The number of benzene rings is 3. The molecular formula is C34H32FN7O4. The maximum Gasteiger partial charge on any atom is 0.258 e. The lowest BCUT2D eigenvalue weighted by atomic mass is 10.0. The number of amides is 2. The summed E-state index contributed by atoms with van der Waals surface area (Å²) in [5.41, 5.74) is 3.27. The third-order valence-corrected chi connectivity index (χ3v) is 8.23. The summed E-state index contributed by atoms with van der Waals surface area (Å²) in [6, 6.07) is 18.7. The number of aryl methyl sites for hydroxylation is 1. The molecule has 0 spiro atoms. The number of nitrogens with one attached hydrogen (secondary N) is 2. The second-order valence-corrected chi connectivity index (χ2v) is 11.5. The molecular weight excluding hydrogens is 589 g/mol. The largest absolute Gasteiger partial charge is 0.487 e. The van der Waals surface area contributed by atoms with Crippen LogP contribution in [0, 0.1) is 5.82 Å². The molecule has 3 aliphatic rings. The van der Waals surface area contributed by atoms with Gasteiger partial charge in [-0.3, -0.25) is 14.5 Å². The van der Waals surface area contributed by atoms with Gasteiger partial charge in [0.1, 0.15) is 29.7 Å². The van der Waals surface area contributed by atoms with Gasteiger partial charge in [0.15, 0.2) is 6.61 Å². The number of likely N-dealkylation sites (tertiary alicyclic amines) is 1. The van der Waals surface area contributed by atoms with Crippen molar-refractivity contribution in [3.05, 3.63) is 108 Å². The second-order valence-electron chi connectivity index (χ2n) is 11.5. The molecule has 2 atom stereocenters. The molecule has 0 unspecified atom stereocenters. The number of hydrogen-bond acceptors (Lipinski definition) is 8. The van der Waals surface area contributed by atoms with Crippen LogP contribution in [0.2, 0.25) is 0 Å². The molecule has 5 aromatic rings. The molecule has 12 heteroatoms. The molecule has 46 heavy (non-hydrogen) atoms. The lowest BCUT2D eigenvalue weighted by molar-refractivity contribution is -0.123. The molecule has 2 amide bonds. The molecule has 1 saturated heterocycles. The Kier molecular flexibility index (Phi) is 8.26. The number of fused-ring (bicyclic) bond motifs is 8. The lowest BCUT2D eigenvalue weighted by Crippen LogP contribution is -2.45. The van der Waals surface area contributed by atoms with E-state index in [0.29, 0.717) is 42.5 Å². The van der Waals surface area contributed by atoms with E-state index in [1.165, 1.54) is 18.5 Å². The van der Waals surface area contributed by atoms with Crippen LogP contribution in [-0.2, 0) is 17.8 Å². The van der Waals surface area contributed by atoms with Crippen molar-refractivity contribution in [1.29, 1.82) is 0 Å². The summed E-state index contributed by atoms with van der Waals surface area (Å²) >= 11 is 0. The molecule has 6 bridgehead atoms. The zero-order valence-electron chi connectivity index (χ0n) is 24.9. The predicted molar refractivity (Wildman–Crippen MR) is 167 cm³/mol. The highest BCUT2D eigenvalue weighted by Gasteiger charge is 2.36. The maximum atomic E-state index is 15.1. The summed E-state index contributed by atoms with van der Waals surface area (Å²) in [6.45, 7) is 2.08. The Morgan fingerprint density at radius 2 is 1.83 bits per heavy atom. The average Bonchev–Trinajstić information content (AvgIpc) is 3.69. The molecule has 2 N–H and O–H groups in total. The van der Waals surface area contributed by atoms with Gasteiger partial charge in [0.05, 0.1) is 11.6 Å². The lowest BCUT2D eigenvalue weighted by Gasteiger charge is -2.22. The minimum Gasteiger partial charge on any atom is -0.487 e. The van der Waals surface area contributed by atoms with Crippen molar-refractivity contribution in [2.75, 3.05) is 26.2 Å². The summed E-state index contributed by atoms with van der Waals surface area (Å²) in [4.78, 5) is 36.7. The monoisotopic (exact) mass is 621 g/mol. The highest BCUT2D eigenvalue weighted by molar-refractivity contribution is 5.96. The van der Waals surface area contributed by atoms with Gasteiger partial charge in [0.2, 0.25) is 0 Å². The van der Waals surface area contributed by atoms with Crippen molar-refractivity contribution < 1.29 is 23.5 Å². The van der Waals surface area contributed by atoms with E-state index in [-0.39, 0.29) is 30.2 Å². The van der Waals surface area contributed by atoms with Gasteiger partial charge in [-0.2, -0.15) is 10.1 Å². The van der Waals surface area contributed by atoms with Gasteiger partial charge in [-0.1, -0.05) is 30.3 Å². The number of nitrogens with zero attached hydrogens (tertiary/aromatic N) is 5. The predicted octanol–water partition coefficient (Wildman–Crippen LogP) is 3.43. The highest BCUT2D eigenvalue weighted by Crippen LogP contribution is 2.27. The van der Waals surface area contributed by atoms with Crippen molar-refractivity contribution in [3.63, 3.8) is 0 Å². The van der Waals surface area contributed by atoms with Crippen LogP contribution in [0.25, 0.3) is 16.9 Å². The molecule has 0 saturated carbocycles. The van der Waals surface area contributed by atoms with Crippen molar-refractivity contribution in [3.8, 4) is 22.6 Å². The molecule has 5 heterocycles. The normalized spacial score (nSPS) is 18.7. The number of carbonyl (C=O) groups excluding carboxylic acids is 2. The van der Waals surface area contributed by atoms with E-state index in [1.807, 2.05) is 42.7 Å². The molecule has 234 valence electrons. The number of hydrogen-bond donors (Lipinski definition) is 2. The number of halogens is 1. The molecule has 0 aliphatic carbocycles. The van der Waals surface area contributed by atoms with E-state index >= 15 is 4.39 Å². The zero-order valence-corrected chi connectivity index (χ0v) is 24.9. The van der Waals surface area contributed by atoms with Crippen LogP contribution >= 0.6 is 0 Å². The standard InChI is InChI=1S/C34H32FN7O4/c35-29-11-8-25-14-28(29)33(44)40-30-18-41(12-2-3-23-16-37-34-38-21-39-42(34)17-23)19-31(30)46-26-9-6-22(7-10-26)15-36-32(43)20-45-27-5-1-4-24(25)13-27/h1,4-11,13-14,16-17,21,30-31H,2-3,12,15,18-20H2,(H,36,43)(H,40,44)/t30-,31-/m0/s1. The minimum atomic E-state index is -0.617. The summed E-state index contributed by atoms with van der Waals surface area (Å²) < 4.78 is 28.9. The van der Waals surface area contributed by atoms with Gasteiger partial charge in [-0.15, -0.1) is 0 Å². The van der Waals surface area contributed by atoms with Crippen molar-refractivity contribution >= 4 is 17.6 Å². The van der Waals surface area contributed by atoms with E-state index in [1.54, 1.807) is 28.8 Å². The van der Waals surface area contributed by atoms with Crippen LogP contribution in [0.1, 0.15) is 27.9 Å². The topological polar surface area (TPSA) is 123 Å². The van der Waals surface area contributed by atoms with Crippen LogP contribution in [0.15, 0.2) is 85.5 Å². The van der Waals surface area contributed by atoms with Crippen molar-refractivity contribution in [2.45, 2.75) is 31.5 Å². The van der Waals surface area contributed by atoms with E-state index in [4.69, 9.17) is 9.47 Å². The number of ether oxygens (including phenoxy) is 2. The van der Waals surface area contributed by atoms with Crippen LogP contribution in [0.3, 0.4) is 0 Å². The van der Waals surface area contributed by atoms with Gasteiger partial charge in [0.25, 0.3) is 17.6 Å². The Balaban J connectivity index is 1.12. The third-order valence-electron chi connectivity index (χ3n) is 8.23. The molecule has 8 rings (SSSR count). The fraction of sp³-hybridized carbons (Fsp3) is 0.265. The first-order valence-electron chi connectivity index (χ1n) is 15.2. The van der Waals surface area contributed by atoms with Crippen molar-refractivity contribution in [2.24, 2.45) is 0 Å². The highest BCUT2D eigenvalue weighted by atomic mass is 19.1. The van der Waals surface area contributed by atoms with Crippen LogP contribution in [0.4, 0.5) is 4.39 Å². The van der Waals surface area contributed by atoms with E-state index in [0.717, 1.165) is 36.1 Å². The Morgan fingerprint density at radius 1 is 0.957 bits per heavy atom. The summed E-state index contributed by atoms with van der Waals surface area (Å²) in [5.74, 6) is 0.294. The van der Waals surface area contributed by atoms with Gasteiger partial charge in [-0.25, -0.2) is 13.9 Å². The average molecular weight is 622 g/mol. The Morgan fingerprint density at radius 3 is 2.72 bits per heavy atom. The van der Waals surface area contributed by atoms with E-state index < -0.39 is 11.7 Å². The quantitative estimate of drug-likeness (QED) is 0.313. The summed E-state index contributed by atoms with van der Waals surface area (Å²) in [7, 11) is 0. The zero-order chi connectivity index (χ0) is 31.5. The third kappa shape index (κ3) is 6.66. The molecule has 1 fully saturated rings. The van der Waals surface area contributed by atoms with Gasteiger partial charge in [-0.05, 0) is 78.0 Å². The summed E-state index contributed by atoms with van der Waals surface area (Å²) in [5, 5.41) is 10.1. The Labute approximate surface area is 264 Å².